The molecule has 0 aliphatic heterocycles. The van der Waals surface area contributed by atoms with E-state index in [0.29, 0.717) is 11.0 Å². The number of nitrogens with zero attached hydrogens (tertiary/aromatic N) is 2. The van der Waals surface area contributed by atoms with Gasteiger partial charge in [-0.1, -0.05) is 23.7 Å². The Balaban J connectivity index is 2.14. The van der Waals surface area contributed by atoms with Crippen LogP contribution in [0.4, 0.5) is 10.2 Å². The third-order valence-corrected chi connectivity index (χ3v) is 2.55. The normalized spacial score (nSPS) is 12.2. The van der Waals surface area contributed by atoms with Crippen LogP contribution in [0.2, 0.25) is 5.15 Å². The van der Waals surface area contributed by atoms with Crippen LogP contribution >= 0.6 is 11.6 Å². The van der Waals surface area contributed by atoms with Crippen LogP contribution in [0.3, 0.4) is 0 Å². The van der Waals surface area contributed by atoms with Crippen molar-refractivity contribution in [2.45, 2.75) is 13.0 Å². The quantitative estimate of drug-likeness (QED) is 0.849. The van der Waals surface area contributed by atoms with Crippen LogP contribution in [0.1, 0.15) is 18.5 Å². The summed E-state index contributed by atoms with van der Waals surface area (Å²) in [7, 11) is 0. The highest BCUT2D eigenvalue weighted by atomic mass is 35.5. The van der Waals surface area contributed by atoms with E-state index in [1.165, 1.54) is 18.5 Å². The molecule has 1 unspecified atom stereocenters. The lowest BCUT2D eigenvalue weighted by Crippen LogP contribution is -2.08. The molecule has 0 aliphatic rings. The van der Waals surface area contributed by atoms with E-state index in [0.717, 1.165) is 5.56 Å². The van der Waals surface area contributed by atoms with Gasteiger partial charge in [0.2, 0.25) is 0 Å². The van der Waals surface area contributed by atoms with E-state index in [1.807, 2.05) is 13.0 Å². The summed E-state index contributed by atoms with van der Waals surface area (Å²) in [5.41, 5.74) is 0.847. The monoisotopic (exact) mass is 251 g/mol. The molecule has 88 valence electrons. The minimum Gasteiger partial charge on any atom is -0.363 e. The molecule has 1 heterocycles. The zero-order valence-corrected chi connectivity index (χ0v) is 9.95. The highest BCUT2D eigenvalue weighted by Gasteiger charge is 2.07. The molecule has 1 aromatic carbocycles. The van der Waals surface area contributed by atoms with Crippen LogP contribution in [-0.2, 0) is 0 Å². The summed E-state index contributed by atoms with van der Waals surface area (Å²) in [6.45, 7) is 1.92. The van der Waals surface area contributed by atoms with Gasteiger partial charge in [0, 0.05) is 6.07 Å². The summed E-state index contributed by atoms with van der Waals surface area (Å²) < 4.78 is 13.1. The van der Waals surface area contributed by atoms with Crippen molar-refractivity contribution >= 4 is 17.4 Å². The van der Waals surface area contributed by atoms with Gasteiger partial charge in [-0.15, -0.1) is 0 Å². The van der Waals surface area contributed by atoms with Gasteiger partial charge in [-0.05, 0) is 24.6 Å². The molecule has 0 saturated carbocycles. The maximum absolute atomic E-state index is 13.1. The first-order valence-electron chi connectivity index (χ1n) is 5.14. The Hall–Kier alpha value is -1.68. The minimum atomic E-state index is -0.253. The minimum absolute atomic E-state index is 0.0586. The topological polar surface area (TPSA) is 37.8 Å². The molecule has 0 amide bonds. The van der Waals surface area contributed by atoms with E-state index in [-0.39, 0.29) is 11.9 Å². The zero-order chi connectivity index (χ0) is 12.3. The number of halogens is 2. The second-order valence-electron chi connectivity index (χ2n) is 3.65. The Labute approximate surface area is 104 Å². The molecule has 0 bridgehead atoms. The van der Waals surface area contributed by atoms with Crippen molar-refractivity contribution in [3.8, 4) is 0 Å². The molecule has 0 saturated heterocycles. The summed E-state index contributed by atoms with van der Waals surface area (Å²) in [5.74, 6) is 0.360. The zero-order valence-electron chi connectivity index (χ0n) is 9.19. The molecule has 3 nitrogen and oxygen atoms in total. The van der Waals surface area contributed by atoms with Crippen molar-refractivity contribution in [3.05, 3.63) is 53.2 Å². The van der Waals surface area contributed by atoms with Crippen LogP contribution in [0, 0.1) is 5.82 Å². The average Bonchev–Trinajstić information content (AvgIpc) is 2.29. The fraction of sp³-hybridized carbons (Fsp3) is 0.167. The lowest BCUT2D eigenvalue weighted by Gasteiger charge is -2.14. The van der Waals surface area contributed by atoms with Crippen molar-refractivity contribution in [1.82, 2.24) is 9.97 Å². The molecule has 0 fully saturated rings. The lowest BCUT2D eigenvalue weighted by molar-refractivity contribution is 0.623. The number of rotatable bonds is 3. The molecule has 0 aliphatic carbocycles. The number of hydrogen-bond donors (Lipinski definition) is 1. The van der Waals surface area contributed by atoms with Crippen molar-refractivity contribution in [2.24, 2.45) is 0 Å². The standard InChI is InChI=1S/C12H11ClFN3/c1-8(9-3-2-4-10(14)5-9)17-12-6-11(13)15-7-16-12/h2-8H,1H3,(H,15,16,17). The number of aromatic nitrogens is 2. The third-order valence-electron chi connectivity index (χ3n) is 2.35. The molecule has 0 spiro atoms. The molecule has 0 radical (unpaired) electrons. The SMILES string of the molecule is CC(Nc1cc(Cl)ncn1)c1cccc(F)c1. The Morgan fingerprint density at radius 2 is 2.12 bits per heavy atom. The van der Waals surface area contributed by atoms with Gasteiger partial charge < -0.3 is 5.32 Å². The first-order chi connectivity index (χ1) is 8.15. The summed E-state index contributed by atoms with van der Waals surface area (Å²) in [5, 5.41) is 3.49. The number of hydrogen-bond acceptors (Lipinski definition) is 3. The Bertz CT molecular complexity index is 519. The Kier molecular flexibility index (Phi) is 3.54. The molecule has 2 rings (SSSR count). The average molecular weight is 252 g/mol. The second kappa shape index (κ2) is 5.10. The summed E-state index contributed by atoms with van der Waals surface area (Å²) >= 11 is 5.75. The predicted molar refractivity (Wildman–Crippen MR) is 65.5 cm³/mol. The van der Waals surface area contributed by atoms with E-state index < -0.39 is 0 Å². The van der Waals surface area contributed by atoms with Gasteiger partial charge in [-0.3, -0.25) is 0 Å². The lowest BCUT2D eigenvalue weighted by atomic mass is 10.1. The van der Waals surface area contributed by atoms with Gasteiger partial charge >= 0.3 is 0 Å². The fourth-order valence-electron chi connectivity index (χ4n) is 1.49. The molecule has 5 heteroatoms. The van der Waals surface area contributed by atoms with Gasteiger partial charge in [0.15, 0.2) is 0 Å². The first-order valence-corrected chi connectivity index (χ1v) is 5.52. The van der Waals surface area contributed by atoms with Gasteiger partial charge in [0.25, 0.3) is 0 Å². The maximum Gasteiger partial charge on any atom is 0.134 e. The van der Waals surface area contributed by atoms with Crippen LogP contribution < -0.4 is 5.32 Å². The van der Waals surface area contributed by atoms with Crippen LogP contribution in [0.25, 0.3) is 0 Å². The van der Waals surface area contributed by atoms with Crippen molar-refractivity contribution in [3.63, 3.8) is 0 Å². The summed E-state index contributed by atoms with van der Waals surface area (Å²) in [6, 6.07) is 7.99. The molecule has 2 aromatic rings. The number of benzene rings is 1. The summed E-state index contributed by atoms with van der Waals surface area (Å²) in [4.78, 5) is 7.82. The molecule has 1 N–H and O–H groups in total. The molecule has 1 aromatic heterocycles. The first kappa shape index (κ1) is 11.8. The third kappa shape index (κ3) is 3.14. The highest BCUT2D eigenvalue weighted by Crippen LogP contribution is 2.19. The molecular formula is C12H11ClFN3. The number of nitrogens with one attached hydrogen (secondary N) is 1. The van der Waals surface area contributed by atoms with Crippen molar-refractivity contribution < 1.29 is 4.39 Å². The van der Waals surface area contributed by atoms with Gasteiger partial charge in [-0.2, -0.15) is 0 Å². The number of anilines is 1. The van der Waals surface area contributed by atoms with Crippen LogP contribution in [-0.4, -0.2) is 9.97 Å². The Morgan fingerprint density at radius 3 is 2.82 bits per heavy atom. The van der Waals surface area contributed by atoms with Crippen molar-refractivity contribution in [1.29, 1.82) is 0 Å². The molecular weight excluding hydrogens is 241 g/mol. The van der Waals surface area contributed by atoms with E-state index in [9.17, 15) is 4.39 Å². The van der Waals surface area contributed by atoms with E-state index >= 15 is 0 Å². The van der Waals surface area contributed by atoms with Crippen LogP contribution in [0.5, 0.6) is 0 Å². The summed E-state index contributed by atoms with van der Waals surface area (Å²) in [6.07, 6.45) is 1.38. The van der Waals surface area contributed by atoms with E-state index in [1.54, 1.807) is 12.1 Å². The highest BCUT2D eigenvalue weighted by molar-refractivity contribution is 6.29. The maximum atomic E-state index is 13.1. The Morgan fingerprint density at radius 1 is 1.29 bits per heavy atom. The smallest absolute Gasteiger partial charge is 0.134 e. The van der Waals surface area contributed by atoms with Crippen molar-refractivity contribution in [2.75, 3.05) is 5.32 Å². The van der Waals surface area contributed by atoms with Gasteiger partial charge in [-0.25, -0.2) is 14.4 Å². The molecule has 1 atom stereocenters. The van der Waals surface area contributed by atoms with E-state index in [2.05, 4.69) is 15.3 Å². The second-order valence-corrected chi connectivity index (χ2v) is 4.03. The van der Waals surface area contributed by atoms with E-state index in [4.69, 9.17) is 11.6 Å². The molecule has 17 heavy (non-hydrogen) atoms. The van der Waals surface area contributed by atoms with Gasteiger partial charge in [0.1, 0.15) is 23.1 Å². The predicted octanol–water partition coefficient (Wildman–Crippen LogP) is 3.44. The fourth-order valence-corrected chi connectivity index (χ4v) is 1.64. The largest absolute Gasteiger partial charge is 0.363 e. The van der Waals surface area contributed by atoms with Gasteiger partial charge in [0.05, 0.1) is 6.04 Å². The van der Waals surface area contributed by atoms with Crippen LogP contribution in [0.15, 0.2) is 36.7 Å².